The number of benzene rings is 1. The number of carbonyl (C=O) groups is 2. The minimum atomic E-state index is -1.14. The zero-order valence-corrected chi connectivity index (χ0v) is 12.4. The smallest absolute Gasteiger partial charge is 0.323 e. The van der Waals surface area contributed by atoms with Crippen molar-refractivity contribution in [3.63, 3.8) is 0 Å². The normalized spacial score (nSPS) is 18.6. The van der Waals surface area contributed by atoms with Crippen molar-refractivity contribution in [3.8, 4) is 0 Å². The summed E-state index contributed by atoms with van der Waals surface area (Å²) in [7, 11) is 0. The van der Waals surface area contributed by atoms with E-state index in [1.54, 1.807) is 13.8 Å². The molecular formula is C17H20O4. The van der Waals surface area contributed by atoms with E-state index in [0.717, 1.165) is 18.4 Å². The van der Waals surface area contributed by atoms with Crippen molar-refractivity contribution in [1.82, 2.24) is 0 Å². The molecule has 1 aromatic rings. The summed E-state index contributed by atoms with van der Waals surface area (Å²) in [6.07, 6.45) is 6.06. The molecule has 0 radical (unpaired) electrons. The predicted octanol–water partition coefficient (Wildman–Crippen LogP) is 3.32. The fourth-order valence-electron chi connectivity index (χ4n) is 2.20. The molecule has 4 nitrogen and oxygen atoms in total. The Morgan fingerprint density at radius 1 is 1.10 bits per heavy atom. The Balaban J connectivity index is 1.77. The molecule has 0 unspecified atom stereocenters. The van der Waals surface area contributed by atoms with Crippen molar-refractivity contribution in [2.24, 2.45) is 5.92 Å². The first-order valence-corrected chi connectivity index (χ1v) is 7.15. The lowest BCUT2D eigenvalue weighted by atomic mass is 10.0. The van der Waals surface area contributed by atoms with Gasteiger partial charge in [0, 0.05) is 13.8 Å². The molecule has 1 fully saturated rings. The molecule has 0 bridgehead atoms. The van der Waals surface area contributed by atoms with E-state index in [-0.39, 0.29) is 0 Å². The molecular weight excluding hydrogens is 268 g/mol. The molecule has 112 valence electrons. The maximum Gasteiger partial charge on any atom is 0.323 e. The second-order valence-corrected chi connectivity index (χ2v) is 5.54. The van der Waals surface area contributed by atoms with Gasteiger partial charge in [0.25, 0.3) is 5.79 Å². The standard InChI is InChI=1S/C17H20O4/c1-17(2)20-15(18)14(16(19)21-17)12-8-4-7-11-13-9-5-3-6-10-13/h3,5-7,9-11,14H,4,8,12H2,1-2H3/b11-7+. The Hall–Kier alpha value is -2.10. The van der Waals surface area contributed by atoms with Crippen molar-refractivity contribution in [1.29, 1.82) is 0 Å². The van der Waals surface area contributed by atoms with Crippen LogP contribution >= 0.6 is 0 Å². The van der Waals surface area contributed by atoms with Crippen LogP contribution in [0.25, 0.3) is 6.08 Å². The Kier molecular flexibility index (Phi) is 4.78. The summed E-state index contributed by atoms with van der Waals surface area (Å²) in [6, 6.07) is 9.98. The third-order valence-electron chi connectivity index (χ3n) is 3.24. The average molecular weight is 288 g/mol. The van der Waals surface area contributed by atoms with Gasteiger partial charge in [-0.1, -0.05) is 42.5 Å². The van der Waals surface area contributed by atoms with Gasteiger partial charge in [-0.25, -0.2) is 0 Å². The number of cyclic esters (lactones) is 2. The maximum absolute atomic E-state index is 11.8. The van der Waals surface area contributed by atoms with E-state index in [4.69, 9.17) is 9.47 Å². The summed E-state index contributed by atoms with van der Waals surface area (Å²) >= 11 is 0. The predicted molar refractivity (Wildman–Crippen MR) is 79.1 cm³/mol. The highest BCUT2D eigenvalue weighted by Crippen LogP contribution is 2.26. The number of hydrogen-bond acceptors (Lipinski definition) is 4. The molecule has 1 aromatic carbocycles. The van der Waals surface area contributed by atoms with Crippen molar-refractivity contribution in [2.75, 3.05) is 0 Å². The Morgan fingerprint density at radius 3 is 2.33 bits per heavy atom. The molecule has 1 aliphatic rings. The van der Waals surface area contributed by atoms with Crippen LogP contribution in [0, 0.1) is 5.92 Å². The van der Waals surface area contributed by atoms with Gasteiger partial charge < -0.3 is 9.47 Å². The highest BCUT2D eigenvalue weighted by Gasteiger charge is 2.42. The SMILES string of the molecule is CC1(C)OC(=O)C(CCC/C=C/c2ccccc2)C(=O)O1. The number of allylic oxidation sites excluding steroid dienone is 1. The van der Waals surface area contributed by atoms with E-state index in [2.05, 4.69) is 0 Å². The molecule has 0 N–H and O–H groups in total. The third-order valence-corrected chi connectivity index (χ3v) is 3.24. The van der Waals surface area contributed by atoms with Crippen LogP contribution < -0.4 is 0 Å². The van der Waals surface area contributed by atoms with Gasteiger partial charge in [0.1, 0.15) is 0 Å². The Bertz CT molecular complexity index is 511. The lowest BCUT2D eigenvalue weighted by molar-refractivity contribution is -0.240. The van der Waals surface area contributed by atoms with Crippen LogP contribution in [0.4, 0.5) is 0 Å². The van der Waals surface area contributed by atoms with Crippen LogP contribution in [-0.2, 0) is 19.1 Å². The largest absolute Gasteiger partial charge is 0.422 e. The number of hydrogen-bond donors (Lipinski definition) is 0. The summed E-state index contributed by atoms with van der Waals surface area (Å²) < 4.78 is 10.2. The van der Waals surface area contributed by atoms with Crippen LogP contribution in [0.5, 0.6) is 0 Å². The van der Waals surface area contributed by atoms with Crippen LogP contribution in [0.2, 0.25) is 0 Å². The molecule has 0 atom stereocenters. The monoisotopic (exact) mass is 288 g/mol. The minimum Gasteiger partial charge on any atom is -0.422 e. The molecule has 0 aliphatic carbocycles. The Morgan fingerprint density at radius 2 is 1.71 bits per heavy atom. The maximum atomic E-state index is 11.8. The van der Waals surface area contributed by atoms with E-state index >= 15 is 0 Å². The summed E-state index contributed by atoms with van der Waals surface area (Å²) in [6.45, 7) is 3.11. The quantitative estimate of drug-likeness (QED) is 0.474. The van der Waals surface area contributed by atoms with Crippen LogP contribution in [0.15, 0.2) is 36.4 Å². The highest BCUT2D eigenvalue weighted by molar-refractivity contribution is 5.96. The zero-order chi connectivity index (χ0) is 15.3. The molecule has 0 spiro atoms. The fourth-order valence-corrected chi connectivity index (χ4v) is 2.20. The molecule has 4 heteroatoms. The first kappa shape index (κ1) is 15.3. The summed E-state index contributed by atoms with van der Waals surface area (Å²) in [5.41, 5.74) is 1.13. The molecule has 1 aliphatic heterocycles. The summed E-state index contributed by atoms with van der Waals surface area (Å²) in [5, 5.41) is 0. The molecule has 1 heterocycles. The minimum absolute atomic E-state index is 0.451. The lowest BCUT2D eigenvalue weighted by Crippen LogP contribution is -2.46. The number of esters is 2. The Labute approximate surface area is 124 Å². The van der Waals surface area contributed by atoms with Gasteiger partial charge in [0.2, 0.25) is 0 Å². The number of ether oxygens (including phenoxy) is 2. The van der Waals surface area contributed by atoms with Crippen molar-refractivity contribution < 1.29 is 19.1 Å². The topological polar surface area (TPSA) is 52.6 Å². The average Bonchev–Trinajstić information content (AvgIpc) is 2.41. The van der Waals surface area contributed by atoms with E-state index in [0.29, 0.717) is 6.42 Å². The highest BCUT2D eigenvalue weighted by atomic mass is 16.7. The number of rotatable bonds is 5. The number of carbonyl (C=O) groups excluding carboxylic acids is 2. The molecule has 0 aromatic heterocycles. The summed E-state index contributed by atoms with van der Waals surface area (Å²) in [4.78, 5) is 23.5. The van der Waals surface area contributed by atoms with Gasteiger partial charge in [-0.2, -0.15) is 0 Å². The van der Waals surface area contributed by atoms with Crippen LogP contribution in [-0.4, -0.2) is 17.7 Å². The van der Waals surface area contributed by atoms with E-state index < -0.39 is 23.6 Å². The van der Waals surface area contributed by atoms with Gasteiger partial charge in [0.05, 0.1) is 0 Å². The van der Waals surface area contributed by atoms with Gasteiger partial charge in [-0.05, 0) is 24.8 Å². The van der Waals surface area contributed by atoms with Crippen molar-refractivity contribution in [3.05, 3.63) is 42.0 Å². The second kappa shape index (κ2) is 6.57. The molecule has 0 saturated carbocycles. The molecule has 0 amide bonds. The molecule has 21 heavy (non-hydrogen) atoms. The zero-order valence-electron chi connectivity index (χ0n) is 12.4. The van der Waals surface area contributed by atoms with Gasteiger partial charge in [-0.3, -0.25) is 9.59 Å². The third kappa shape index (κ3) is 4.45. The van der Waals surface area contributed by atoms with Crippen molar-refractivity contribution >= 4 is 18.0 Å². The van der Waals surface area contributed by atoms with Crippen molar-refractivity contribution in [2.45, 2.75) is 38.9 Å². The first-order chi connectivity index (χ1) is 9.98. The van der Waals surface area contributed by atoms with E-state index in [1.165, 1.54) is 0 Å². The van der Waals surface area contributed by atoms with Gasteiger partial charge in [-0.15, -0.1) is 0 Å². The van der Waals surface area contributed by atoms with Crippen LogP contribution in [0.3, 0.4) is 0 Å². The van der Waals surface area contributed by atoms with E-state index in [1.807, 2.05) is 42.5 Å². The molecule has 2 rings (SSSR count). The lowest BCUT2D eigenvalue weighted by Gasteiger charge is -2.32. The number of unbranched alkanes of at least 4 members (excludes halogenated alkanes) is 1. The van der Waals surface area contributed by atoms with Gasteiger partial charge >= 0.3 is 11.9 Å². The fraction of sp³-hybridized carbons (Fsp3) is 0.412. The first-order valence-electron chi connectivity index (χ1n) is 7.15. The summed E-state index contributed by atoms with van der Waals surface area (Å²) in [5.74, 6) is -2.90. The van der Waals surface area contributed by atoms with Gasteiger partial charge in [0.15, 0.2) is 5.92 Å². The molecule has 1 saturated heterocycles. The van der Waals surface area contributed by atoms with Crippen LogP contribution in [0.1, 0.15) is 38.7 Å². The van der Waals surface area contributed by atoms with E-state index in [9.17, 15) is 9.59 Å². The second-order valence-electron chi connectivity index (χ2n) is 5.54.